The summed E-state index contributed by atoms with van der Waals surface area (Å²) in [5, 5.41) is 3.13. The van der Waals surface area contributed by atoms with Gasteiger partial charge < -0.3 is 5.32 Å². The molecule has 1 N–H and O–H groups in total. The predicted octanol–water partition coefficient (Wildman–Crippen LogP) is 3.45. The fraction of sp³-hybridized carbons (Fsp3) is 0.273. The fourth-order valence-electron chi connectivity index (χ4n) is 1.23. The van der Waals surface area contributed by atoms with Crippen molar-refractivity contribution in [3.05, 3.63) is 35.9 Å². The molecule has 2 heteroatoms. The lowest BCUT2D eigenvalue weighted by molar-refractivity contribution is 1.50. The first kappa shape index (κ1) is 10.2. The minimum atomic E-state index is 1.16. The first-order chi connectivity index (χ1) is 6.31. The van der Waals surface area contributed by atoms with Gasteiger partial charge in [0, 0.05) is 17.6 Å². The molecule has 0 heterocycles. The van der Waals surface area contributed by atoms with Gasteiger partial charge in [-0.05, 0) is 30.9 Å². The number of hydrogen-bond donors (Lipinski definition) is 1. The molecule has 0 aliphatic carbocycles. The molecule has 13 heavy (non-hydrogen) atoms. The number of anilines is 1. The quantitative estimate of drug-likeness (QED) is 0.789. The second-order valence-corrected chi connectivity index (χ2v) is 3.54. The van der Waals surface area contributed by atoms with Crippen LogP contribution in [0.2, 0.25) is 0 Å². The average molecular weight is 193 g/mol. The highest BCUT2D eigenvalue weighted by molar-refractivity contribution is 8.07. The summed E-state index contributed by atoms with van der Waals surface area (Å²) in [6.45, 7) is 2.07. The van der Waals surface area contributed by atoms with Crippen molar-refractivity contribution in [1.29, 1.82) is 0 Å². The SMILES string of the molecule is C/C=C(\SC)c1cccc(NC)c1. The molecule has 1 rings (SSSR count). The first-order valence-electron chi connectivity index (χ1n) is 4.30. The highest BCUT2D eigenvalue weighted by Crippen LogP contribution is 2.26. The van der Waals surface area contributed by atoms with Crippen LogP contribution in [0.3, 0.4) is 0 Å². The fourth-order valence-corrected chi connectivity index (χ4v) is 1.83. The zero-order valence-corrected chi connectivity index (χ0v) is 9.11. The van der Waals surface area contributed by atoms with Crippen LogP contribution in [0.25, 0.3) is 4.91 Å². The number of allylic oxidation sites excluding steroid dienone is 1. The van der Waals surface area contributed by atoms with Crippen molar-refractivity contribution in [1.82, 2.24) is 0 Å². The minimum absolute atomic E-state index is 1.16. The molecule has 0 fully saturated rings. The lowest BCUT2D eigenvalue weighted by Crippen LogP contribution is -1.88. The van der Waals surface area contributed by atoms with E-state index in [1.807, 2.05) is 7.05 Å². The molecule has 70 valence electrons. The van der Waals surface area contributed by atoms with Crippen LogP contribution >= 0.6 is 11.8 Å². The zero-order chi connectivity index (χ0) is 9.68. The number of nitrogens with one attached hydrogen (secondary N) is 1. The summed E-state index contributed by atoms with van der Waals surface area (Å²) in [6, 6.07) is 8.43. The Bertz CT molecular complexity index is 305. The molecule has 0 aromatic heterocycles. The van der Waals surface area contributed by atoms with Gasteiger partial charge in [0.1, 0.15) is 0 Å². The van der Waals surface area contributed by atoms with Gasteiger partial charge in [0.25, 0.3) is 0 Å². The van der Waals surface area contributed by atoms with Gasteiger partial charge in [0.05, 0.1) is 0 Å². The highest BCUT2D eigenvalue weighted by Gasteiger charge is 1.98. The molecule has 0 bridgehead atoms. The van der Waals surface area contributed by atoms with E-state index in [1.165, 1.54) is 10.5 Å². The Morgan fingerprint density at radius 1 is 1.46 bits per heavy atom. The molecule has 1 aromatic carbocycles. The van der Waals surface area contributed by atoms with Gasteiger partial charge in [-0.1, -0.05) is 18.2 Å². The van der Waals surface area contributed by atoms with Crippen molar-refractivity contribution in [2.24, 2.45) is 0 Å². The summed E-state index contributed by atoms with van der Waals surface area (Å²) in [6.07, 6.45) is 4.24. The molecule has 1 aromatic rings. The average Bonchev–Trinajstić information content (AvgIpc) is 2.20. The lowest BCUT2D eigenvalue weighted by Gasteiger charge is -2.06. The van der Waals surface area contributed by atoms with Crippen LogP contribution in [0, 0.1) is 0 Å². The lowest BCUT2D eigenvalue weighted by atomic mass is 10.2. The van der Waals surface area contributed by atoms with Crippen LogP contribution in [-0.2, 0) is 0 Å². The summed E-state index contributed by atoms with van der Waals surface area (Å²) in [5.74, 6) is 0. The molecule has 0 atom stereocenters. The van der Waals surface area contributed by atoms with Crippen molar-refractivity contribution in [2.45, 2.75) is 6.92 Å². The Kier molecular flexibility index (Phi) is 3.90. The molecule has 0 unspecified atom stereocenters. The van der Waals surface area contributed by atoms with Crippen molar-refractivity contribution in [3.8, 4) is 0 Å². The zero-order valence-electron chi connectivity index (χ0n) is 8.29. The van der Waals surface area contributed by atoms with Gasteiger partial charge in [0.2, 0.25) is 0 Å². The number of benzene rings is 1. The maximum absolute atomic E-state index is 3.13. The topological polar surface area (TPSA) is 12.0 Å². The third-order valence-electron chi connectivity index (χ3n) is 1.92. The molecule has 0 aliphatic rings. The van der Waals surface area contributed by atoms with E-state index in [9.17, 15) is 0 Å². The summed E-state index contributed by atoms with van der Waals surface area (Å²) in [7, 11) is 1.94. The van der Waals surface area contributed by atoms with Crippen molar-refractivity contribution in [2.75, 3.05) is 18.6 Å². The first-order valence-corrected chi connectivity index (χ1v) is 5.52. The van der Waals surface area contributed by atoms with Crippen molar-refractivity contribution < 1.29 is 0 Å². The Morgan fingerprint density at radius 3 is 2.77 bits per heavy atom. The molecule has 0 radical (unpaired) electrons. The molecule has 0 spiro atoms. The second kappa shape index (κ2) is 4.97. The van der Waals surface area contributed by atoms with E-state index in [4.69, 9.17) is 0 Å². The van der Waals surface area contributed by atoms with E-state index in [1.54, 1.807) is 11.8 Å². The van der Waals surface area contributed by atoms with Crippen LogP contribution < -0.4 is 5.32 Å². The Balaban J connectivity index is 3.00. The summed E-state index contributed by atoms with van der Waals surface area (Å²) < 4.78 is 0. The van der Waals surface area contributed by atoms with Gasteiger partial charge in [-0.2, -0.15) is 0 Å². The normalized spacial score (nSPS) is 11.5. The molecular formula is C11H15NS. The Hall–Kier alpha value is -0.890. The molecule has 0 saturated heterocycles. The van der Waals surface area contributed by atoms with Crippen LogP contribution in [-0.4, -0.2) is 13.3 Å². The predicted molar refractivity (Wildman–Crippen MR) is 63.2 cm³/mol. The van der Waals surface area contributed by atoms with Crippen LogP contribution in [0.1, 0.15) is 12.5 Å². The molecule has 0 amide bonds. The van der Waals surface area contributed by atoms with Gasteiger partial charge in [0.15, 0.2) is 0 Å². The van der Waals surface area contributed by atoms with E-state index >= 15 is 0 Å². The van der Waals surface area contributed by atoms with Gasteiger partial charge in [-0.15, -0.1) is 11.8 Å². The summed E-state index contributed by atoms with van der Waals surface area (Å²) in [4.78, 5) is 1.32. The third kappa shape index (κ3) is 2.52. The van der Waals surface area contributed by atoms with E-state index in [0.717, 1.165) is 5.69 Å². The monoisotopic (exact) mass is 193 g/mol. The number of thioether (sulfide) groups is 1. The third-order valence-corrected chi connectivity index (χ3v) is 2.83. The van der Waals surface area contributed by atoms with E-state index in [2.05, 4.69) is 48.8 Å². The van der Waals surface area contributed by atoms with E-state index < -0.39 is 0 Å². The van der Waals surface area contributed by atoms with Gasteiger partial charge >= 0.3 is 0 Å². The van der Waals surface area contributed by atoms with E-state index in [0.29, 0.717) is 0 Å². The molecule has 1 nitrogen and oxygen atoms in total. The largest absolute Gasteiger partial charge is 0.388 e. The summed E-state index contributed by atoms with van der Waals surface area (Å²) >= 11 is 1.78. The second-order valence-electron chi connectivity index (χ2n) is 2.69. The maximum atomic E-state index is 3.13. The van der Waals surface area contributed by atoms with Crippen molar-refractivity contribution >= 4 is 22.4 Å². The minimum Gasteiger partial charge on any atom is -0.388 e. The molecule has 0 aliphatic heterocycles. The Morgan fingerprint density at radius 2 is 2.23 bits per heavy atom. The van der Waals surface area contributed by atoms with Crippen LogP contribution in [0.4, 0.5) is 5.69 Å². The van der Waals surface area contributed by atoms with Crippen molar-refractivity contribution in [3.63, 3.8) is 0 Å². The van der Waals surface area contributed by atoms with Gasteiger partial charge in [-0.3, -0.25) is 0 Å². The highest BCUT2D eigenvalue weighted by atomic mass is 32.2. The van der Waals surface area contributed by atoms with Crippen LogP contribution in [0.5, 0.6) is 0 Å². The Labute approximate surface area is 84.2 Å². The van der Waals surface area contributed by atoms with E-state index in [-0.39, 0.29) is 0 Å². The number of rotatable bonds is 3. The molecular weight excluding hydrogens is 178 g/mol. The smallest absolute Gasteiger partial charge is 0.0343 e. The van der Waals surface area contributed by atoms with Gasteiger partial charge in [-0.25, -0.2) is 0 Å². The molecule has 0 saturated carbocycles. The standard InChI is InChI=1S/C11H15NS/c1-4-11(13-3)9-6-5-7-10(8-9)12-2/h4-8,12H,1-3H3/b11-4-. The summed E-state index contributed by atoms with van der Waals surface area (Å²) in [5.41, 5.74) is 2.44. The maximum Gasteiger partial charge on any atom is 0.0343 e. The van der Waals surface area contributed by atoms with Crippen LogP contribution in [0.15, 0.2) is 30.3 Å². The number of hydrogen-bond acceptors (Lipinski definition) is 2.